The Morgan fingerprint density at radius 2 is 1.68 bits per heavy atom. The summed E-state index contributed by atoms with van der Waals surface area (Å²) < 4.78 is 0. The molecule has 0 saturated heterocycles. The van der Waals surface area contributed by atoms with E-state index >= 15 is 0 Å². The molecule has 96 valence electrons. The molecule has 2 heteroatoms. The highest BCUT2D eigenvalue weighted by Crippen LogP contribution is 2.33. The van der Waals surface area contributed by atoms with E-state index in [1.54, 1.807) is 0 Å². The summed E-state index contributed by atoms with van der Waals surface area (Å²) in [5, 5.41) is 10.4. The van der Waals surface area contributed by atoms with E-state index in [9.17, 15) is 9.90 Å². The fourth-order valence-corrected chi connectivity index (χ4v) is 2.80. The minimum Gasteiger partial charge on any atom is -0.388 e. The van der Waals surface area contributed by atoms with Crippen LogP contribution in [0.5, 0.6) is 0 Å². The Labute approximate surface area is 112 Å². The Balaban J connectivity index is 1.90. The van der Waals surface area contributed by atoms with Gasteiger partial charge in [-0.25, -0.2) is 0 Å². The average Bonchev–Trinajstić information content (AvgIpc) is 2.48. The zero-order valence-electron chi connectivity index (χ0n) is 10.6. The minimum atomic E-state index is -0.706. The van der Waals surface area contributed by atoms with Crippen LogP contribution in [0.2, 0.25) is 0 Å². The van der Waals surface area contributed by atoms with Crippen molar-refractivity contribution in [1.29, 1.82) is 0 Å². The number of rotatable bonds is 2. The van der Waals surface area contributed by atoms with E-state index in [1.165, 1.54) is 0 Å². The lowest BCUT2D eigenvalue weighted by Gasteiger charge is -2.27. The van der Waals surface area contributed by atoms with Crippen molar-refractivity contribution in [1.82, 2.24) is 0 Å². The van der Waals surface area contributed by atoms with Crippen LogP contribution in [0.25, 0.3) is 0 Å². The van der Waals surface area contributed by atoms with Gasteiger partial charge < -0.3 is 5.11 Å². The van der Waals surface area contributed by atoms with Crippen LogP contribution in [0.1, 0.15) is 34.0 Å². The van der Waals surface area contributed by atoms with Gasteiger partial charge in [-0.05, 0) is 24.0 Å². The number of aliphatic hydroxyl groups is 1. The summed E-state index contributed by atoms with van der Waals surface area (Å²) in [7, 11) is 0. The largest absolute Gasteiger partial charge is 0.388 e. The molecule has 1 N–H and O–H groups in total. The molecule has 0 aliphatic heterocycles. The first-order valence-electron chi connectivity index (χ1n) is 6.62. The summed E-state index contributed by atoms with van der Waals surface area (Å²) in [4.78, 5) is 12.5. The molecule has 0 bridgehead atoms. The van der Waals surface area contributed by atoms with Crippen molar-refractivity contribution in [3.05, 3.63) is 71.3 Å². The number of benzene rings is 2. The third kappa shape index (κ3) is 2.20. The van der Waals surface area contributed by atoms with Crippen LogP contribution < -0.4 is 0 Å². The minimum absolute atomic E-state index is 0.0678. The van der Waals surface area contributed by atoms with E-state index in [-0.39, 0.29) is 11.7 Å². The Morgan fingerprint density at radius 1 is 1.00 bits per heavy atom. The number of fused-ring (bicyclic) bond motifs is 1. The van der Waals surface area contributed by atoms with Gasteiger partial charge in [0, 0.05) is 5.56 Å². The monoisotopic (exact) mass is 252 g/mol. The molecule has 1 aliphatic rings. The van der Waals surface area contributed by atoms with Gasteiger partial charge in [-0.2, -0.15) is 0 Å². The van der Waals surface area contributed by atoms with Crippen molar-refractivity contribution in [2.75, 3.05) is 0 Å². The van der Waals surface area contributed by atoms with Crippen LogP contribution in [0, 0.1) is 5.92 Å². The molecule has 2 aromatic rings. The highest BCUT2D eigenvalue weighted by Gasteiger charge is 2.32. The summed E-state index contributed by atoms with van der Waals surface area (Å²) in [6.45, 7) is 0. The lowest BCUT2D eigenvalue weighted by atomic mass is 9.78. The van der Waals surface area contributed by atoms with E-state index in [1.807, 2.05) is 54.6 Å². The highest BCUT2D eigenvalue weighted by molar-refractivity contribution is 6.00. The van der Waals surface area contributed by atoms with Crippen LogP contribution in [-0.4, -0.2) is 10.9 Å². The molecule has 0 aromatic heterocycles. The van der Waals surface area contributed by atoms with Crippen molar-refractivity contribution < 1.29 is 9.90 Å². The normalized spacial score (nSPS) is 19.8. The fraction of sp³-hybridized carbons (Fsp3) is 0.235. The summed E-state index contributed by atoms with van der Waals surface area (Å²) >= 11 is 0. The predicted octanol–water partition coefficient (Wildman–Crippen LogP) is 3.17. The number of hydrogen-bond acceptors (Lipinski definition) is 2. The molecule has 1 aliphatic carbocycles. The second kappa shape index (κ2) is 4.98. The van der Waals surface area contributed by atoms with Gasteiger partial charge in [-0.3, -0.25) is 4.79 Å². The standard InChI is InChI=1S/C17H16O2/c18-16(13-7-2-1-3-8-13)15-11-10-12-6-4-5-9-14(12)17(15)19/h1-9,15-16,18H,10-11H2/t15-,16+/m1/s1. The van der Waals surface area contributed by atoms with E-state index in [2.05, 4.69) is 0 Å². The Hall–Kier alpha value is -1.93. The SMILES string of the molecule is O=C1c2ccccc2CC[C@@H]1[C@@H](O)c1ccccc1. The third-order valence-corrected chi connectivity index (χ3v) is 3.87. The molecule has 2 aromatic carbocycles. The molecule has 0 fully saturated rings. The maximum atomic E-state index is 12.5. The van der Waals surface area contributed by atoms with Gasteiger partial charge >= 0.3 is 0 Å². The number of aliphatic hydroxyl groups excluding tert-OH is 1. The highest BCUT2D eigenvalue weighted by atomic mass is 16.3. The van der Waals surface area contributed by atoms with E-state index in [0.717, 1.165) is 23.1 Å². The Morgan fingerprint density at radius 3 is 2.47 bits per heavy atom. The molecule has 0 saturated carbocycles. The zero-order valence-corrected chi connectivity index (χ0v) is 10.6. The summed E-state index contributed by atoms with van der Waals surface area (Å²) in [5.41, 5.74) is 2.69. The topological polar surface area (TPSA) is 37.3 Å². The Kier molecular flexibility index (Phi) is 3.18. The number of carbonyl (C=O) groups excluding carboxylic acids is 1. The summed E-state index contributed by atoms with van der Waals surface area (Å²) in [6, 6.07) is 17.1. The number of carbonyl (C=O) groups is 1. The lowest BCUT2D eigenvalue weighted by molar-refractivity contribution is 0.0638. The third-order valence-electron chi connectivity index (χ3n) is 3.87. The smallest absolute Gasteiger partial charge is 0.169 e. The van der Waals surface area contributed by atoms with Crippen molar-refractivity contribution in [2.45, 2.75) is 18.9 Å². The van der Waals surface area contributed by atoms with Gasteiger partial charge in [0.15, 0.2) is 5.78 Å². The van der Waals surface area contributed by atoms with Crippen LogP contribution in [0.3, 0.4) is 0 Å². The number of ketones is 1. The number of hydrogen-bond donors (Lipinski definition) is 1. The maximum absolute atomic E-state index is 12.5. The van der Waals surface area contributed by atoms with E-state index < -0.39 is 6.10 Å². The zero-order chi connectivity index (χ0) is 13.2. The second-order valence-electron chi connectivity index (χ2n) is 5.02. The van der Waals surface area contributed by atoms with Gasteiger partial charge in [-0.1, -0.05) is 54.6 Å². The first-order valence-corrected chi connectivity index (χ1v) is 6.62. The number of Topliss-reactive ketones (excluding diaryl/α,β-unsaturated/α-hetero) is 1. The molecule has 0 heterocycles. The van der Waals surface area contributed by atoms with Gasteiger partial charge in [0.25, 0.3) is 0 Å². The van der Waals surface area contributed by atoms with Crippen molar-refractivity contribution >= 4 is 5.78 Å². The molecule has 3 rings (SSSR count). The van der Waals surface area contributed by atoms with Gasteiger partial charge in [0.2, 0.25) is 0 Å². The quantitative estimate of drug-likeness (QED) is 0.891. The van der Waals surface area contributed by atoms with Crippen LogP contribution in [0.4, 0.5) is 0 Å². The molecule has 2 nitrogen and oxygen atoms in total. The van der Waals surface area contributed by atoms with E-state index in [0.29, 0.717) is 6.42 Å². The second-order valence-corrected chi connectivity index (χ2v) is 5.02. The van der Waals surface area contributed by atoms with Crippen molar-refractivity contribution in [3.63, 3.8) is 0 Å². The predicted molar refractivity (Wildman–Crippen MR) is 74.0 cm³/mol. The molecule has 0 spiro atoms. The van der Waals surface area contributed by atoms with Gasteiger partial charge in [-0.15, -0.1) is 0 Å². The van der Waals surface area contributed by atoms with Crippen LogP contribution in [-0.2, 0) is 6.42 Å². The molecule has 0 radical (unpaired) electrons. The van der Waals surface area contributed by atoms with Crippen LogP contribution >= 0.6 is 0 Å². The first kappa shape index (κ1) is 12.1. The molecular formula is C17H16O2. The Bertz CT molecular complexity index is 589. The van der Waals surface area contributed by atoms with E-state index in [4.69, 9.17) is 0 Å². The van der Waals surface area contributed by atoms with Gasteiger partial charge in [0.1, 0.15) is 0 Å². The van der Waals surface area contributed by atoms with Crippen LogP contribution in [0.15, 0.2) is 54.6 Å². The van der Waals surface area contributed by atoms with Gasteiger partial charge in [0.05, 0.1) is 12.0 Å². The molecule has 0 unspecified atom stereocenters. The summed E-state index contributed by atoms with van der Waals surface area (Å²) in [6.07, 6.45) is 0.865. The van der Waals surface area contributed by atoms with Crippen molar-refractivity contribution in [3.8, 4) is 0 Å². The first-order chi connectivity index (χ1) is 9.27. The number of aryl methyl sites for hydroxylation is 1. The maximum Gasteiger partial charge on any atom is 0.169 e. The molecular weight excluding hydrogens is 236 g/mol. The molecule has 19 heavy (non-hydrogen) atoms. The average molecular weight is 252 g/mol. The molecule has 0 amide bonds. The summed E-state index contributed by atoms with van der Waals surface area (Å²) in [5.74, 6) is -0.254. The molecule has 2 atom stereocenters. The van der Waals surface area contributed by atoms with Crippen molar-refractivity contribution in [2.24, 2.45) is 5.92 Å². The fourth-order valence-electron chi connectivity index (χ4n) is 2.80. The lowest BCUT2D eigenvalue weighted by Crippen LogP contribution is -2.28.